The summed E-state index contributed by atoms with van der Waals surface area (Å²) in [5, 5.41) is 10.6. The van der Waals surface area contributed by atoms with Gasteiger partial charge in [0.1, 0.15) is 6.10 Å². The Bertz CT molecular complexity index is 852. The van der Waals surface area contributed by atoms with Crippen LogP contribution in [0.3, 0.4) is 0 Å². The molecule has 1 amide bonds. The maximum Gasteiger partial charge on any atom is 0.409 e. The number of carbonyl (C=O) groups excluding carboxylic acids is 1. The molecule has 1 aliphatic heterocycles. The Labute approximate surface area is 178 Å². The molecule has 5 rings (SSSR count). The Morgan fingerprint density at radius 3 is 2.70 bits per heavy atom. The third-order valence-corrected chi connectivity index (χ3v) is 8.89. The lowest BCUT2D eigenvalue weighted by atomic mass is 9.70. The Hall–Kier alpha value is -1.95. The highest BCUT2D eigenvalue weighted by Crippen LogP contribution is 2.76. The predicted octanol–water partition coefficient (Wildman–Crippen LogP) is 3.82. The van der Waals surface area contributed by atoms with E-state index in [1.165, 1.54) is 26.4 Å². The van der Waals surface area contributed by atoms with Gasteiger partial charge in [0.15, 0.2) is 11.5 Å². The molecule has 4 aliphatic rings. The van der Waals surface area contributed by atoms with Crippen LogP contribution in [-0.2, 0) is 4.74 Å². The van der Waals surface area contributed by atoms with Crippen LogP contribution in [0, 0.1) is 22.7 Å². The molecule has 30 heavy (non-hydrogen) atoms. The third kappa shape index (κ3) is 2.75. The van der Waals surface area contributed by atoms with E-state index in [9.17, 15) is 9.90 Å². The molecule has 1 aromatic carbocycles. The Morgan fingerprint density at radius 2 is 2.10 bits per heavy atom. The van der Waals surface area contributed by atoms with Gasteiger partial charge in [0.05, 0.1) is 20.3 Å². The van der Waals surface area contributed by atoms with E-state index >= 15 is 0 Å². The average Bonchev–Trinajstić information content (AvgIpc) is 3.28. The van der Waals surface area contributed by atoms with Crippen LogP contribution in [0.15, 0.2) is 18.2 Å². The summed E-state index contributed by atoms with van der Waals surface area (Å²) in [7, 11) is 3.07. The molecule has 1 spiro atoms. The molecule has 164 valence electrons. The number of likely N-dealkylation sites (tertiary alicyclic amines) is 1. The lowest BCUT2D eigenvalue weighted by Crippen LogP contribution is -2.38. The highest BCUT2D eigenvalue weighted by atomic mass is 16.5. The standard InChI is InChI=1S/C24H33NO5/c1-14(26)23(2)13-25(22(27)29-4)12-18(23)15-5-6-19(28-3)21(9-15)30-20-10-16-11-24(16)8-7-17(20)24/h5-6,9,14,16-18,20,26H,7-8,10-13H2,1-4H3/t14?,16?,17?,18-,20?,23-,24?/m0/s1. The van der Waals surface area contributed by atoms with Gasteiger partial charge in [-0.25, -0.2) is 4.79 Å². The fraction of sp³-hybridized carbons (Fsp3) is 0.708. The van der Waals surface area contributed by atoms with Crippen LogP contribution in [0.25, 0.3) is 0 Å². The number of nitrogens with zero attached hydrogens (tertiary/aromatic N) is 1. The number of ether oxygens (including phenoxy) is 3. The third-order valence-electron chi connectivity index (χ3n) is 8.89. The zero-order valence-corrected chi connectivity index (χ0v) is 18.4. The first-order valence-corrected chi connectivity index (χ1v) is 11.2. The van der Waals surface area contributed by atoms with E-state index in [0.29, 0.717) is 24.4 Å². The van der Waals surface area contributed by atoms with Gasteiger partial charge in [-0.2, -0.15) is 0 Å². The molecule has 0 bridgehead atoms. The van der Waals surface area contributed by atoms with Gasteiger partial charge in [-0.3, -0.25) is 0 Å². The molecule has 3 aliphatic carbocycles. The first-order chi connectivity index (χ1) is 14.3. The number of benzene rings is 1. The second kappa shape index (κ2) is 6.78. The van der Waals surface area contributed by atoms with Crippen molar-refractivity contribution in [3.05, 3.63) is 23.8 Å². The minimum absolute atomic E-state index is 0.0168. The summed E-state index contributed by atoms with van der Waals surface area (Å²) in [6, 6.07) is 6.06. The first-order valence-electron chi connectivity index (χ1n) is 11.2. The molecule has 1 heterocycles. The molecule has 5 unspecified atom stereocenters. The van der Waals surface area contributed by atoms with Gasteiger partial charge in [0.25, 0.3) is 0 Å². The van der Waals surface area contributed by atoms with Crippen molar-refractivity contribution in [1.82, 2.24) is 4.90 Å². The zero-order valence-electron chi connectivity index (χ0n) is 18.4. The fourth-order valence-corrected chi connectivity index (χ4v) is 6.65. The molecule has 4 fully saturated rings. The molecule has 1 saturated heterocycles. The summed E-state index contributed by atoms with van der Waals surface area (Å²) in [6.45, 7) is 4.81. The molecular weight excluding hydrogens is 382 g/mol. The van der Waals surface area contributed by atoms with Gasteiger partial charge < -0.3 is 24.2 Å². The number of carbonyl (C=O) groups is 1. The minimum atomic E-state index is -0.569. The van der Waals surface area contributed by atoms with Crippen molar-refractivity contribution in [1.29, 1.82) is 0 Å². The summed E-state index contributed by atoms with van der Waals surface area (Å²) in [6.07, 6.45) is 4.56. The molecule has 1 N–H and O–H groups in total. The van der Waals surface area contributed by atoms with Crippen LogP contribution < -0.4 is 9.47 Å². The average molecular weight is 416 g/mol. The predicted molar refractivity (Wildman–Crippen MR) is 112 cm³/mol. The van der Waals surface area contributed by atoms with Crippen LogP contribution in [0.2, 0.25) is 0 Å². The summed E-state index contributed by atoms with van der Waals surface area (Å²) >= 11 is 0. The smallest absolute Gasteiger partial charge is 0.409 e. The monoisotopic (exact) mass is 415 g/mol. The van der Waals surface area contributed by atoms with Crippen LogP contribution in [0.4, 0.5) is 4.79 Å². The van der Waals surface area contributed by atoms with E-state index in [4.69, 9.17) is 14.2 Å². The normalized spacial score (nSPS) is 39.6. The number of aliphatic hydroxyl groups is 1. The Balaban J connectivity index is 1.42. The molecule has 6 heteroatoms. The maximum atomic E-state index is 12.2. The molecule has 0 radical (unpaired) electrons. The zero-order chi connectivity index (χ0) is 21.3. The number of amides is 1. The van der Waals surface area contributed by atoms with Crippen LogP contribution in [0.1, 0.15) is 51.0 Å². The topological polar surface area (TPSA) is 68.2 Å². The van der Waals surface area contributed by atoms with E-state index in [1.807, 2.05) is 19.1 Å². The van der Waals surface area contributed by atoms with Crippen LogP contribution >= 0.6 is 0 Å². The van der Waals surface area contributed by atoms with E-state index < -0.39 is 11.5 Å². The molecule has 3 saturated carbocycles. The van der Waals surface area contributed by atoms with Crippen molar-refractivity contribution in [2.24, 2.45) is 22.7 Å². The van der Waals surface area contributed by atoms with Crippen molar-refractivity contribution in [2.45, 2.75) is 57.7 Å². The summed E-state index contributed by atoms with van der Waals surface area (Å²) in [4.78, 5) is 13.9. The summed E-state index contributed by atoms with van der Waals surface area (Å²) in [5.41, 5.74) is 1.20. The molecular formula is C24H33NO5. The van der Waals surface area contributed by atoms with Gasteiger partial charge in [-0.05, 0) is 61.6 Å². The number of rotatable bonds is 5. The van der Waals surface area contributed by atoms with Gasteiger partial charge >= 0.3 is 6.09 Å². The second-order valence-electron chi connectivity index (χ2n) is 10.2. The lowest BCUT2D eigenvalue weighted by Gasteiger charge is -2.38. The highest BCUT2D eigenvalue weighted by Gasteiger charge is 2.71. The maximum absolute atomic E-state index is 12.2. The van der Waals surface area contributed by atoms with Crippen molar-refractivity contribution in [2.75, 3.05) is 27.3 Å². The van der Waals surface area contributed by atoms with Crippen molar-refractivity contribution >= 4 is 6.09 Å². The number of hydrogen-bond donors (Lipinski definition) is 1. The second-order valence-corrected chi connectivity index (χ2v) is 10.2. The Morgan fingerprint density at radius 1 is 1.30 bits per heavy atom. The van der Waals surface area contributed by atoms with Gasteiger partial charge in [0.2, 0.25) is 0 Å². The van der Waals surface area contributed by atoms with Crippen LogP contribution in [0.5, 0.6) is 11.5 Å². The summed E-state index contributed by atoms with van der Waals surface area (Å²) in [5.74, 6) is 3.07. The number of hydrogen-bond acceptors (Lipinski definition) is 5. The summed E-state index contributed by atoms with van der Waals surface area (Å²) < 4.78 is 17.1. The largest absolute Gasteiger partial charge is 0.493 e. The fourth-order valence-electron chi connectivity index (χ4n) is 6.65. The lowest BCUT2D eigenvalue weighted by molar-refractivity contribution is 0.0446. The van der Waals surface area contributed by atoms with Crippen molar-refractivity contribution < 1.29 is 24.1 Å². The molecule has 0 aromatic heterocycles. The molecule has 7 atom stereocenters. The Kier molecular flexibility index (Phi) is 4.51. The number of aliphatic hydroxyl groups excluding tert-OH is 1. The molecule has 6 nitrogen and oxygen atoms in total. The van der Waals surface area contributed by atoms with Crippen molar-refractivity contribution in [3.63, 3.8) is 0 Å². The van der Waals surface area contributed by atoms with Gasteiger partial charge in [0, 0.05) is 30.3 Å². The van der Waals surface area contributed by atoms with Crippen LogP contribution in [-0.4, -0.2) is 55.6 Å². The minimum Gasteiger partial charge on any atom is -0.493 e. The van der Waals surface area contributed by atoms with Gasteiger partial charge in [-0.15, -0.1) is 0 Å². The molecule has 1 aromatic rings. The van der Waals surface area contributed by atoms with Crippen molar-refractivity contribution in [3.8, 4) is 11.5 Å². The van der Waals surface area contributed by atoms with E-state index in [1.54, 1.807) is 18.9 Å². The van der Waals surface area contributed by atoms with Gasteiger partial charge in [-0.1, -0.05) is 13.0 Å². The van der Waals surface area contributed by atoms with E-state index in [2.05, 4.69) is 6.07 Å². The number of methoxy groups -OCH3 is 2. The first kappa shape index (κ1) is 20.0. The van der Waals surface area contributed by atoms with E-state index in [0.717, 1.165) is 29.4 Å². The quantitative estimate of drug-likeness (QED) is 0.792. The van der Waals surface area contributed by atoms with E-state index in [-0.39, 0.29) is 18.1 Å². The SMILES string of the molecule is COC(=O)N1C[C@@H](c2ccc(OC)c(OC3CC4CC45CCC35)c2)[C@](C)(C(C)O)C1. The highest BCUT2D eigenvalue weighted by molar-refractivity contribution is 5.68.